The molecule has 140 valence electrons. The molecule has 0 unspecified atom stereocenters. The maximum Gasteiger partial charge on any atom is 0.251 e. The average Bonchev–Trinajstić information content (AvgIpc) is 3.05. The summed E-state index contributed by atoms with van der Waals surface area (Å²) in [5, 5.41) is 1.16. The summed E-state index contributed by atoms with van der Waals surface area (Å²) in [6.07, 6.45) is 1.86. The van der Waals surface area contributed by atoms with Crippen LogP contribution in [-0.2, 0) is 0 Å². The van der Waals surface area contributed by atoms with Gasteiger partial charge in [-0.3, -0.25) is 9.89 Å². The molecular formula is C20H25F2N3S. The highest BCUT2D eigenvalue weighted by molar-refractivity contribution is 7.18. The minimum atomic E-state index is -2.24. The molecule has 0 saturated carbocycles. The Morgan fingerprint density at radius 2 is 2.04 bits per heavy atom. The number of aliphatic imine (C=N–C) groups is 1. The van der Waals surface area contributed by atoms with E-state index in [9.17, 15) is 8.78 Å². The van der Waals surface area contributed by atoms with Gasteiger partial charge in [-0.2, -0.15) is 0 Å². The number of benzene rings is 1. The van der Waals surface area contributed by atoms with Crippen molar-refractivity contribution in [1.82, 2.24) is 9.88 Å². The second kappa shape index (κ2) is 7.69. The van der Waals surface area contributed by atoms with Crippen molar-refractivity contribution in [3.8, 4) is 0 Å². The van der Waals surface area contributed by atoms with Crippen LogP contribution in [0.1, 0.15) is 49.1 Å². The molecule has 3 heterocycles. The molecule has 4 rings (SSSR count). The highest BCUT2D eigenvalue weighted by Gasteiger charge is 2.25. The van der Waals surface area contributed by atoms with Crippen LogP contribution < -0.4 is 0 Å². The number of aromatic nitrogens is 1. The van der Waals surface area contributed by atoms with Gasteiger partial charge in [0, 0.05) is 18.2 Å². The fourth-order valence-corrected chi connectivity index (χ4v) is 5.03. The topological polar surface area (TPSA) is 28.5 Å². The molecule has 1 atom stereocenters. The van der Waals surface area contributed by atoms with Crippen molar-refractivity contribution in [2.45, 2.75) is 45.0 Å². The van der Waals surface area contributed by atoms with Crippen molar-refractivity contribution < 1.29 is 8.78 Å². The smallest absolute Gasteiger partial charge is 0.251 e. The Morgan fingerprint density at radius 1 is 1.23 bits per heavy atom. The number of hydrogen-bond acceptors (Lipinski definition) is 4. The molecule has 0 N–H and O–H groups in total. The normalized spacial score (nSPS) is 22.9. The molecule has 1 saturated heterocycles. The first-order valence-electron chi connectivity index (χ1n) is 9.53. The van der Waals surface area contributed by atoms with Crippen LogP contribution in [0.25, 0.3) is 10.2 Å². The lowest BCUT2D eigenvalue weighted by Gasteiger charge is -2.30. The SMILES string of the molecule is C[C@H]1CCC(c2ccc3sc(C4CCN(CC(F)F)CC4)nc3c2)=NC1. The van der Waals surface area contributed by atoms with Gasteiger partial charge in [-0.05, 0) is 62.4 Å². The van der Waals surface area contributed by atoms with Crippen LogP contribution >= 0.6 is 11.3 Å². The van der Waals surface area contributed by atoms with E-state index in [1.807, 2.05) is 4.90 Å². The molecule has 2 aliphatic heterocycles. The second-order valence-corrected chi connectivity index (χ2v) is 8.69. The van der Waals surface area contributed by atoms with E-state index in [0.717, 1.165) is 49.4 Å². The van der Waals surface area contributed by atoms with Gasteiger partial charge in [0.2, 0.25) is 0 Å². The zero-order valence-corrected chi connectivity index (χ0v) is 15.9. The minimum Gasteiger partial charge on any atom is -0.298 e. The lowest BCUT2D eigenvalue weighted by atomic mass is 9.96. The Balaban J connectivity index is 1.48. The molecule has 1 aromatic carbocycles. The molecule has 0 radical (unpaired) electrons. The fraction of sp³-hybridized carbons (Fsp3) is 0.600. The van der Waals surface area contributed by atoms with Crippen molar-refractivity contribution in [3.05, 3.63) is 28.8 Å². The number of likely N-dealkylation sites (tertiary alicyclic amines) is 1. The van der Waals surface area contributed by atoms with Crippen LogP contribution in [0.5, 0.6) is 0 Å². The molecular weight excluding hydrogens is 352 g/mol. The molecule has 1 aromatic heterocycles. The van der Waals surface area contributed by atoms with Gasteiger partial charge in [-0.15, -0.1) is 11.3 Å². The fourth-order valence-electron chi connectivity index (χ4n) is 3.91. The van der Waals surface area contributed by atoms with E-state index < -0.39 is 6.43 Å². The van der Waals surface area contributed by atoms with E-state index in [1.165, 1.54) is 22.4 Å². The van der Waals surface area contributed by atoms with Gasteiger partial charge in [-0.25, -0.2) is 13.8 Å². The maximum atomic E-state index is 12.5. The van der Waals surface area contributed by atoms with Crippen molar-refractivity contribution in [2.75, 3.05) is 26.2 Å². The summed E-state index contributed by atoms with van der Waals surface area (Å²) in [4.78, 5) is 11.5. The molecule has 0 aliphatic carbocycles. The molecule has 26 heavy (non-hydrogen) atoms. The van der Waals surface area contributed by atoms with Gasteiger partial charge in [0.1, 0.15) is 0 Å². The zero-order valence-electron chi connectivity index (χ0n) is 15.1. The number of fused-ring (bicyclic) bond motifs is 1. The summed E-state index contributed by atoms with van der Waals surface area (Å²) < 4.78 is 26.3. The van der Waals surface area contributed by atoms with Gasteiger partial charge in [0.15, 0.2) is 0 Å². The van der Waals surface area contributed by atoms with Gasteiger partial charge >= 0.3 is 0 Å². The lowest BCUT2D eigenvalue weighted by molar-refractivity contribution is 0.0754. The molecule has 0 amide bonds. The molecule has 0 bridgehead atoms. The Bertz CT molecular complexity index is 793. The zero-order chi connectivity index (χ0) is 18.1. The summed E-state index contributed by atoms with van der Waals surface area (Å²) in [5.74, 6) is 1.09. The van der Waals surface area contributed by atoms with Crippen LogP contribution in [0.3, 0.4) is 0 Å². The van der Waals surface area contributed by atoms with Crippen molar-refractivity contribution in [2.24, 2.45) is 10.9 Å². The summed E-state index contributed by atoms with van der Waals surface area (Å²) in [6, 6.07) is 6.51. The highest BCUT2D eigenvalue weighted by atomic mass is 32.1. The summed E-state index contributed by atoms with van der Waals surface area (Å²) in [5.41, 5.74) is 3.46. The lowest BCUT2D eigenvalue weighted by Crippen LogP contribution is -2.36. The van der Waals surface area contributed by atoms with Gasteiger partial charge in [0.25, 0.3) is 6.43 Å². The van der Waals surface area contributed by atoms with Crippen LogP contribution in [0.15, 0.2) is 23.2 Å². The average molecular weight is 378 g/mol. The van der Waals surface area contributed by atoms with Gasteiger partial charge in [-0.1, -0.05) is 13.0 Å². The van der Waals surface area contributed by atoms with E-state index in [4.69, 9.17) is 9.98 Å². The first kappa shape index (κ1) is 18.0. The first-order valence-corrected chi connectivity index (χ1v) is 10.3. The highest BCUT2D eigenvalue weighted by Crippen LogP contribution is 2.34. The number of nitrogens with zero attached hydrogens (tertiary/aromatic N) is 3. The van der Waals surface area contributed by atoms with Crippen LogP contribution in [0.4, 0.5) is 8.78 Å². The van der Waals surface area contributed by atoms with Crippen molar-refractivity contribution in [1.29, 1.82) is 0 Å². The number of alkyl halides is 2. The number of halogens is 2. The number of hydrogen-bond donors (Lipinski definition) is 0. The summed E-state index contributed by atoms with van der Waals surface area (Å²) in [6.45, 7) is 4.56. The summed E-state index contributed by atoms with van der Waals surface area (Å²) >= 11 is 1.76. The summed E-state index contributed by atoms with van der Waals surface area (Å²) in [7, 11) is 0. The predicted molar refractivity (Wildman–Crippen MR) is 104 cm³/mol. The van der Waals surface area contributed by atoms with E-state index in [0.29, 0.717) is 11.8 Å². The Kier molecular flexibility index (Phi) is 5.32. The Hall–Kier alpha value is -1.40. The maximum absolute atomic E-state index is 12.5. The second-order valence-electron chi connectivity index (χ2n) is 7.63. The third kappa shape index (κ3) is 3.96. The Morgan fingerprint density at radius 3 is 2.73 bits per heavy atom. The molecule has 3 nitrogen and oxygen atoms in total. The number of piperidine rings is 1. The van der Waals surface area contributed by atoms with Crippen molar-refractivity contribution in [3.63, 3.8) is 0 Å². The van der Waals surface area contributed by atoms with E-state index in [2.05, 4.69) is 25.1 Å². The standard InChI is InChI=1S/C20H25F2N3S/c1-13-2-4-16(23-11-13)15-3-5-18-17(10-15)24-20(26-18)14-6-8-25(9-7-14)12-19(21)22/h3,5,10,13-14,19H,2,4,6-9,11-12H2,1H3/t13-/m0/s1. The predicted octanol–water partition coefficient (Wildman–Crippen LogP) is 4.96. The quantitative estimate of drug-likeness (QED) is 0.753. The largest absolute Gasteiger partial charge is 0.298 e. The van der Waals surface area contributed by atoms with Crippen LogP contribution in [0.2, 0.25) is 0 Å². The van der Waals surface area contributed by atoms with E-state index in [1.54, 1.807) is 11.3 Å². The van der Waals surface area contributed by atoms with Crippen LogP contribution in [0, 0.1) is 5.92 Å². The molecule has 6 heteroatoms. The molecule has 1 fully saturated rings. The van der Waals surface area contributed by atoms with Gasteiger partial charge < -0.3 is 0 Å². The molecule has 0 spiro atoms. The molecule has 2 aromatic rings. The number of rotatable bonds is 4. The third-order valence-corrected chi connectivity index (χ3v) is 6.74. The van der Waals surface area contributed by atoms with E-state index >= 15 is 0 Å². The van der Waals surface area contributed by atoms with Gasteiger partial charge in [0.05, 0.1) is 21.8 Å². The van der Waals surface area contributed by atoms with E-state index in [-0.39, 0.29) is 6.54 Å². The number of thiazole rings is 1. The van der Waals surface area contributed by atoms with Crippen molar-refractivity contribution >= 4 is 27.3 Å². The minimum absolute atomic E-state index is 0.101. The first-order chi connectivity index (χ1) is 12.6. The monoisotopic (exact) mass is 377 g/mol. The third-order valence-electron chi connectivity index (χ3n) is 5.54. The Labute approximate surface area is 157 Å². The molecule has 2 aliphatic rings. The van der Waals surface area contributed by atoms with Crippen LogP contribution in [-0.4, -0.2) is 48.2 Å².